The maximum Gasteiger partial charge on any atom is 0.111 e. The number of imidazole rings is 1. The van der Waals surface area contributed by atoms with Crippen LogP contribution in [0.1, 0.15) is 30.7 Å². The van der Waals surface area contributed by atoms with Gasteiger partial charge in [-0.2, -0.15) is 0 Å². The van der Waals surface area contributed by atoms with Crippen LogP contribution in [0, 0.1) is 6.92 Å². The van der Waals surface area contributed by atoms with E-state index in [1.54, 1.807) is 0 Å². The van der Waals surface area contributed by atoms with E-state index in [0.29, 0.717) is 12.5 Å². The Kier molecular flexibility index (Phi) is 3.30. The molecule has 0 amide bonds. The van der Waals surface area contributed by atoms with Gasteiger partial charge in [-0.1, -0.05) is 22.9 Å². The quantitative estimate of drug-likeness (QED) is 0.909. The molecule has 0 aliphatic carbocycles. The molecule has 1 heterocycles. The zero-order valence-corrected chi connectivity index (χ0v) is 11.1. The molecule has 16 heavy (non-hydrogen) atoms. The minimum absolute atomic E-state index is 0.325. The first kappa shape index (κ1) is 11.6. The van der Waals surface area contributed by atoms with Crippen LogP contribution in [0.25, 0.3) is 11.0 Å². The van der Waals surface area contributed by atoms with Crippen LogP contribution in [0.15, 0.2) is 16.6 Å². The molecule has 1 aromatic carbocycles. The topological polar surface area (TPSA) is 54.7 Å². The van der Waals surface area contributed by atoms with E-state index in [2.05, 4.69) is 51.9 Å². The van der Waals surface area contributed by atoms with Crippen molar-refractivity contribution in [2.75, 3.05) is 6.54 Å². The zero-order valence-electron chi connectivity index (χ0n) is 9.55. The highest BCUT2D eigenvalue weighted by atomic mass is 79.9. The number of aromatic nitrogens is 2. The number of fused-ring (bicyclic) bond motifs is 1. The van der Waals surface area contributed by atoms with Crippen molar-refractivity contribution in [1.82, 2.24) is 9.97 Å². The summed E-state index contributed by atoms with van der Waals surface area (Å²) in [5.74, 6) is 1.33. The average molecular weight is 282 g/mol. The molecular weight excluding hydrogens is 266 g/mol. The maximum atomic E-state index is 5.74. The third-order valence-electron chi connectivity index (χ3n) is 2.92. The van der Waals surface area contributed by atoms with E-state index in [9.17, 15) is 0 Å². The van der Waals surface area contributed by atoms with Crippen molar-refractivity contribution in [3.8, 4) is 0 Å². The maximum absolute atomic E-state index is 5.74. The summed E-state index contributed by atoms with van der Waals surface area (Å²) in [7, 11) is 0. The first-order valence-corrected chi connectivity index (χ1v) is 6.30. The summed E-state index contributed by atoms with van der Waals surface area (Å²) < 4.78 is 1.08. The van der Waals surface area contributed by atoms with Gasteiger partial charge in [-0.05, 0) is 31.0 Å². The number of benzene rings is 1. The van der Waals surface area contributed by atoms with Crippen molar-refractivity contribution in [2.24, 2.45) is 5.73 Å². The standard InChI is InChI=1S/C12H16BrN3/c1-3-8(6-14)12-15-10-5-9(13)4-7(2)11(10)16-12/h4-5,8H,3,6,14H2,1-2H3,(H,15,16). The lowest BCUT2D eigenvalue weighted by Gasteiger charge is -2.07. The SMILES string of the molecule is CCC(CN)c1nc2c(C)cc(Br)cc2[nH]1. The Bertz CT molecular complexity index is 500. The van der Waals surface area contributed by atoms with Crippen molar-refractivity contribution in [3.05, 3.63) is 28.0 Å². The molecule has 0 spiro atoms. The highest BCUT2D eigenvalue weighted by Gasteiger charge is 2.13. The van der Waals surface area contributed by atoms with Gasteiger partial charge < -0.3 is 10.7 Å². The van der Waals surface area contributed by atoms with Crippen LogP contribution in [-0.2, 0) is 0 Å². The fraction of sp³-hybridized carbons (Fsp3) is 0.417. The smallest absolute Gasteiger partial charge is 0.111 e. The number of halogens is 1. The first-order valence-electron chi connectivity index (χ1n) is 5.51. The Balaban J connectivity index is 2.55. The number of aryl methyl sites for hydroxylation is 1. The molecule has 2 aromatic rings. The van der Waals surface area contributed by atoms with Crippen molar-refractivity contribution in [3.63, 3.8) is 0 Å². The fourth-order valence-corrected chi connectivity index (χ4v) is 2.50. The normalized spacial score (nSPS) is 13.2. The lowest BCUT2D eigenvalue weighted by molar-refractivity contribution is 0.641. The van der Waals surface area contributed by atoms with Gasteiger partial charge in [0.05, 0.1) is 11.0 Å². The number of rotatable bonds is 3. The van der Waals surface area contributed by atoms with Gasteiger partial charge in [-0.3, -0.25) is 0 Å². The number of H-pyrrole nitrogens is 1. The van der Waals surface area contributed by atoms with Crippen molar-refractivity contribution in [1.29, 1.82) is 0 Å². The molecule has 0 fully saturated rings. The summed E-state index contributed by atoms with van der Waals surface area (Å²) >= 11 is 3.49. The molecule has 0 saturated carbocycles. The summed E-state index contributed by atoms with van der Waals surface area (Å²) in [6.45, 7) is 4.84. The zero-order chi connectivity index (χ0) is 11.7. The molecule has 0 aliphatic heterocycles. The molecule has 0 aliphatic rings. The van der Waals surface area contributed by atoms with Crippen LogP contribution in [-0.4, -0.2) is 16.5 Å². The van der Waals surface area contributed by atoms with Gasteiger partial charge in [0.25, 0.3) is 0 Å². The average Bonchev–Trinajstić information content (AvgIpc) is 2.63. The van der Waals surface area contributed by atoms with Crippen LogP contribution >= 0.6 is 15.9 Å². The Hall–Kier alpha value is -0.870. The molecule has 86 valence electrons. The van der Waals surface area contributed by atoms with Gasteiger partial charge in [0.1, 0.15) is 5.82 Å². The molecule has 3 N–H and O–H groups in total. The molecule has 1 aromatic heterocycles. The third-order valence-corrected chi connectivity index (χ3v) is 3.38. The van der Waals surface area contributed by atoms with Gasteiger partial charge in [0.2, 0.25) is 0 Å². The summed E-state index contributed by atoms with van der Waals surface area (Å²) in [5, 5.41) is 0. The van der Waals surface area contributed by atoms with E-state index >= 15 is 0 Å². The van der Waals surface area contributed by atoms with Gasteiger partial charge in [0.15, 0.2) is 0 Å². The molecule has 4 heteroatoms. The molecule has 0 radical (unpaired) electrons. The summed E-state index contributed by atoms with van der Waals surface area (Å²) in [5.41, 5.74) is 9.04. The minimum Gasteiger partial charge on any atom is -0.342 e. The van der Waals surface area contributed by atoms with E-state index in [-0.39, 0.29) is 0 Å². The van der Waals surface area contributed by atoms with Gasteiger partial charge in [-0.15, -0.1) is 0 Å². The molecule has 1 unspecified atom stereocenters. The second-order valence-electron chi connectivity index (χ2n) is 4.08. The monoisotopic (exact) mass is 281 g/mol. The van der Waals surface area contributed by atoms with Crippen molar-refractivity contribution in [2.45, 2.75) is 26.2 Å². The first-order chi connectivity index (χ1) is 7.65. The van der Waals surface area contributed by atoms with Gasteiger partial charge in [-0.25, -0.2) is 4.98 Å². The number of nitrogens with two attached hydrogens (primary N) is 1. The highest BCUT2D eigenvalue weighted by Crippen LogP contribution is 2.25. The number of nitrogens with zero attached hydrogens (tertiary/aromatic N) is 1. The Morgan fingerprint density at radius 3 is 2.88 bits per heavy atom. The summed E-state index contributed by atoms with van der Waals surface area (Å²) in [6, 6.07) is 4.14. The van der Waals surface area contributed by atoms with E-state index < -0.39 is 0 Å². The lowest BCUT2D eigenvalue weighted by atomic mass is 10.1. The largest absolute Gasteiger partial charge is 0.342 e. The van der Waals surface area contributed by atoms with Gasteiger partial charge in [0, 0.05) is 16.9 Å². The van der Waals surface area contributed by atoms with Crippen LogP contribution in [0.5, 0.6) is 0 Å². The van der Waals surface area contributed by atoms with Crippen LogP contribution in [0.3, 0.4) is 0 Å². The van der Waals surface area contributed by atoms with Crippen molar-refractivity contribution >= 4 is 27.0 Å². The Labute approximate surface area is 104 Å². The van der Waals surface area contributed by atoms with Gasteiger partial charge >= 0.3 is 0 Å². The molecule has 0 saturated heterocycles. The van der Waals surface area contributed by atoms with Crippen LogP contribution in [0.2, 0.25) is 0 Å². The predicted octanol–water partition coefficient (Wildman–Crippen LogP) is 3.09. The Morgan fingerprint density at radius 1 is 1.50 bits per heavy atom. The lowest BCUT2D eigenvalue weighted by Crippen LogP contribution is -2.12. The number of hydrogen-bond donors (Lipinski definition) is 2. The van der Waals surface area contributed by atoms with E-state index in [4.69, 9.17) is 5.73 Å². The summed E-state index contributed by atoms with van der Waals surface area (Å²) in [4.78, 5) is 8.00. The van der Waals surface area contributed by atoms with E-state index in [0.717, 1.165) is 27.8 Å². The predicted molar refractivity (Wildman–Crippen MR) is 70.6 cm³/mol. The molecule has 2 rings (SSSR count). The van der Waals surface area contributed by atoms with E-state index in [1.807, 2.05) is 0 Å². The third kappa shape index (κ3) is 1.99. The van der Waals surface area contributed by atoms with Crippen LogP contribution in [0.4, 0.5) is 0 Å². The summed E-state index contributed by atoms with van der Waals surface area (Å²) in [6.07, 6.45) is 1.01. The molecule has 3 nitrogen and oxygen atoms in total. The Morgan fingerprint density at radius 2 is 2.25 bits per heavy atom. The van der Waals surface area contributed by atoms with Crippen LogP contribution < -0.4 is 5.73 Å². The molecule has 0 bridgehead atoms. The van der Waals surface area contributed by atoms with Crippen molar-refractivity contribution < 1.29 is 0 Å². The fourth-order valence-electron chi connectivity index (χ4n) is 1.93. The van der Waals surface area contributed by atoms with E-state index in [1.165, 1.54) is 5.56 Å². The second kappa shape index (κ2) is 4.55. The second-order valence-corrected chi connectivity index (χ2v) is 5.00. The highest BCUT2D eigenvalue weighted by molar-refractivity contribution is 9.10. The molecule has 1 atom stereocenters. The number of aromatic amines is 1. The number of hydrogen-bond acceptors (Lipinski definition) is 2. The minimum atomic E-state index is 0.325. The number of nitrogens with one attached hydrogen (secondary N) is 1. The molecular formula is C12H16BrN3.